The Morgan fingerprint density at radius 3 is 2.28 bits per heavy atom. The van der Waals surface area contributed by atoms with E-state index >= 15 is 0 Å². The molecule has 3 atom stereocenters. The summed E-state index contributed by atoms with van der Waals surface area (Å²) in [6.45, 7) is 2.85. The minimum absolute atomic E-state index is 0.0714. The third-order valence-corrected chi connectivity index (χ3v) is 6.12. The average Bonchev–Trinajstić information content (AvgIpc) is 3.05. The fraction of sp³-hybridized carbons (Fsp3) is 0.474. The van der Waals surface area contributed by atoms with E-state index in [9.17, 15) is 8.78 Å². The number of rotatable bonds is 2. The number of aromatic nitrogens is 2. The Kier molecular flexibility index (Phi) is 3.48. The minimum atomic E-state index is -0.503. The van der Waals surface area contributed by atoms with E-state index in [2.05, 4.69) is 19.8 Å². The molecule has 2 aromatic rings. The first-order valence-electron chi connectivity index (χ1n) is 8.94. The molecule has 6 rings (SSSR count). The summed E-state index contributed by atoms with van der Waals surface area (Å²) >= 11 is 0. The molecule has 0 spiro atoms. The van der Waals surface area contributed by atoms with Crippen LogP contribution >= 0.6 is 0 Å². The monoisotopic (exact) mass is 342 g/mol. The maximum absolute atomic E-state index is 13.8. The zero-order valence-electron chi connectivity index (χ0n) is 13.9. The number of benzene rings is 1. The summed E-state index contributed by atoms with van der Waals surface area (Å²) in [5.74, 6) is 0.392. The van der Waals surface area contributed by atoms with E-state index < -0.39 is 11.6 Å². The summed E-state index contributed by atoms with van der Waals surface area (Å²) in [6, 6.07) is 6.33. The highest BCUT2D eigenvalue weighted by Crippen LogP contribution is 2.47. The molecule has 4 fully saturated rings. The largest absolute Gasteiger partial charge is 0.335 e. The molecule has 2 bridgehead atoms. The maximum atomic E-state index is 13.8. The minimum Gasteiger partial charge on any atom is -0.335 e. The van der Waals surface area contributed by atoms with Crippen molar-refractivity contribution in [1.82, 2.24) is 14.9 Å². The molecular weight excluding hydrogens is 322 g/mol. The highest BCUT2D eigenvalue weighted by molar-refractivity contribution is 5.42. The molecule has 0 amide bonds. The van der Waals surface area contributed by atoms with Crippen LogP contribution in [0.4, 0.5) is 14.7 Å². The van der Waals surface area contributed by atoms with Crippen molar-refractivity contribution in [1.29, 1.82) is 0 Å². The molecule has 4 nitrogen and oxygen atoms in total. The van der Waals surface area contributed by atoms with E-state index in [1.54, 1.807) is 12.4 Å². The van der Waals surface area contributed by atoms with Gasteiger partial charge in [0, 0.05) is 37.0 Å². The second-order valence-electron chi connectivity index (χ2n) is 7.37. The predicted molar refractivity (Wildman–Crippen MR) is 90.4 cm³/mol. The van der Waals surface area contributed by atoms with Gasteiger partial charge in [-0.25, -0.2) is 18.7 Å². The summed E-state index contributed by atoms with van der Waals surface area (Å²) in [6.07, 6.45) is 5.87. The van der Waals surface area contributed by atoms with Crippen molar-refractivity contribution in [3.05, 3.63) is 53.9 Å². The first-order chi connectivity index (χ1) is 12.2. The predicted octanol–water partition coefficient (Wildman–Crippen LogP) is 2.82. The standard InChI is InChI=1S/C19H20F2N4/c20-14-8-13(9-15(21)10-14)16-11-25(19-22-4-1-5-23-19)17-12-2-6-24(7-3-12)18(16)17/h1,4-5,8-10,12,16-18H,2-3,6-7,11H2/t16-,17-,18-/m1/s1. The lowest BCUT2D eigenvalue weighted by molar-refractivity contribution is 0.0352. The summed E-state index contributed by atoms with van der Waals surface area (Å²) in [4.78, 5) is 13.7. The van der Waals surface area contributed by atoms with Gasteiger partial charge in [0.05, 0.1) is 6.04 Å². The SMILES string of the molecule is Fc1cc(F)cc([C@H]2CN(c3ncccn3)[C@@H]3C4CCN(CC4)[C@H]23)c1. The topological polar surface area (TPSA) is 32.3 Å². The first kappa shape index (κ1) is 15.2. The van der Waals surface area contributed by atoms with Crippen molar-refractivity contribution >= 4 is 5.95 Å². The fourth-order valence-electron chi connectivity index (χ4n) is 5.17. The number of piperidine rings is 3. The van der Waals surface area contributed by atoms with E-state index in [4.69, 9.17) is 0 Å². The van der Waals surface area contributed by atoms with Crippen molar-refractivity contribution in [3.63, 3.8) is 0 Å². The van der Waals surface area contributed by atoms with Gasteiger partial charge in [-0.2, -0.15) is 0 Å². The van der Waals surface area contributed by atoms with Gasteiger partial charge >= 0.3 is 0 Å². The van der Waals surface area contributed by atoms with Crippen LogP contribution in [0.25, 0.3) is 0 Å². The van der Waals surface area contributed by atoms with Gasteiger partial charge < -0.3 is 4.90 Å². The van der Waals surface area contributed by atoms with Crippen LogP contribution in [0.15, 0.2) is 36.7 Å². The number of hydrogen-bond acceptors (Lipinski definition) is 4. The van der Waals surface area contributed by atoms with Crippen molar-refractivity contribution < 1.29 is 8.78 Å². The zero-order valence-corrected chi connectivity index (χ0v) is 13.9. The van der Waals surface area contributed by atoms with E-state index in [0.717, 1.165) is 30.7 Å². The molecule has 4 aliphatic rings. The molecule has 0 saturated carbocycles. The van der Waals surface area contributed by atoms with Gasteiger partial charge in [-0.1, -0.05) is 0 Å². The van der Waals surface area contributed by atoms with Crippen molar-refractivity contribution in [3.8, 4) is 0 Å². The lowest BCUT2D eigenvalue weighted by Gasteiger charge is -2.51. The Morgan fingerprint density at radius 2 is 1.60 bits per heavy atom. The van der Waals surface area contributed by atoms with Crippen LogP contribution in [-0.2, 0) is 0 Å². The second kappa shape index (κ2) is 5.73. The lowest BCUT2D eigenvalue weighted by Crippen LogP contribution is -2.60. The molecule has 0 aliphatic carbocycles. The number of nitrogens with zero attached hydrogens (tertiary/aromatic N) is 4. The quantitative estimate of drug-likeness (QED) is 0.840. The molecule has 5 heterocycles. The highest BCUT2D eigenvalue weighted by Gasteiger charge is 2.54. The normalized spacial score (nSPS) is 33.5. The molecule has 0 radical (unpaired) electrons. The van der Waals surface area contributed by atoms with Crippen molar-refractivity contribution in [2.24, 2.45) is 5.92 Å². The van der Waals surface area contributed by atoms with Crippen LogP contribution < -0.4 is 4.90 Å². The van der Waals surface area contributed by atoms with Crippen molar-refractivity contribution in [2.75, 3.05) is 24.5 Å². The van der Waals surface area contributed by atoms with Gasteiger partial charge in [-0.05, 0) is 55.6 Å². The summed E-state index contributed by atoms with van der Waals surface area (Å²) < 4.78 is 27.6. The molecule has 6 heteroatoms. The van der Waals surface area contributed by atoms with E-state index in [0.29, 0.717) is 18.5 Å². The third-order valence-electron chi connectivity index (χ3n) is 6.12. The second-order valence-corrected chi connectivity index (χ2v) is 7.37. The summed E-state index contributed by atoms with van der Waals surface area (Å²) in [5.41, 5.74) is 0.749. The van der Waals surface area contributed by atoms with Gasteiger partial charge in [-0.15, -0.1) is 0 Å². The highest BCUT2D eigenvalue weighted by atomic mass is 19.1. The fourth-order valence-corrected chi connectivity index (χ4v) is 5.17. The van der Waals surface area contributed by atoms with Gasteiger partial charge in [0.2, 0.25) is 5.95 Å². The number of anilines is 1. The van der Waals surface area contributed by atoms with Crippen LogP contribution in [0, 0.1) is 17.6 Å². The molecule has 130 valence electrons. The maximum Gasteiger partial charge on any atom is 0.225 e. The molecule has 1 aromatic heterocycles. The zero-order chi connectivity index (χ0) is 17.0. The molecule has 0 unspecified atom stereocenters. The number of fused-ring (bicyclic) bond motifs is 2. The number of halogens is 2. The van der Waals surface area contributed by atoms with Gasteiger partial charge in [0.1, 0.15) is 11.6 Å². The van der Waals surface area contributed by atoms with E-state index in [-0.39, 0.29) is 12.0 Å². The average molecular weight is 342 g/mol. The van der Waals surface area contributed by atoms with Crippen LogP contribution in [0.3, 0.4) is 0 Å². The van der Waals surface area contributed by atoms with Crippen LogP contribution in [0.1, 0.15) is 24.3 Å². The van der Waals surface area contributed by atoms with Crippen LogP contribution in [0.2, 0.25) is 0 Å². The molecule has 4 aliphatic heterocycles. The molecule has 1 aromatic carbocycles. The van der Waals surface area contributed by atoms with Gasteiger partial charge in [0.25, 0.3) is 0 Å². The Balaban J connectivity index is 1.58. The third kappa shape index (κ3) is 2.42. The summed E-state index contributed by atoms with van der Waals surface area (Å²) in [7, 11) is 0. The molecule has 4 saturated heterocycles. The van der Waals surface area contributed by atoms with E-state index in [1.165, 1.54) is 25.0 Å². The van der Waals surface area contributed by atoms with Gasteiger partial charge in [-0.3, -0.25) is 4.90 Å². The Morgan fingerprint density at radius 1 is 0.920 bits per heavy atom. The Hall–Kier alpha value is -2.08. The Bertz CT molecular complexity index is 756. The lowest BCUT2D eigenvalue weighted by atomic mass is 9.75. The molecule has 0 N–H and O–H groups in total. The van der Waals surface area contributed by atoms with Crippen molar-refractivity contribution in [2.45, 2.75) is 30.8 Å². The smallest absolute Gasteiger partial charge is 0.225 e. The summed E-state index contributed by atoms with van der Waals surface area (Å²) in [5, 5.41) is 0. The first-order valence-corrected chi connectivity index (χ1v) is 8.94. The van der Waals surface area contributed by atoms with Crippen LogP contribution in [0.5, 0.6) is 0 Å². The van der Waals surface area contributed by atoms with Gasteiger partial charge in [0.15, 0.2) is 0 Å². The number of hydrogen-bond donors (Lipinski definition) is 0. The molecule has 25 heavy (non-hydrogen) atoms. The molecular formula is C19H20F2N4. The Labute approximate surface area is 145 Å². The van der Waals surface area contributed by atoms with E-state index in [1.807, 2.05) is 6.07 Å². The van der Waals surface area contributed by atoms with Crippen LogP contribution in [-0.4, -0.2) is 46.6 Å².